The molecule has 13 heavy (non-hydrogen) atoms. The van der Waals surface area contributed by atoms with Gasteiger partial charge in [-0.25, -0.2) is 18.6 Å². The summed E-state index contributed by atoms with van der Waals surface area (Å²) >= 11 is 0. The number of carbonyl (C=O) groups is 1. The molecule has 0 aliphatic carbocycles. The van der Waals surface area contributed by atoms with Gasteiger partial charge in [-0.05, 0) is 12.1 Å². The minimum absolute atomic E-state index is 0.333. The fourth-order valence-corrected chi connectivity index (χ4v) is 0.861. The molecule has 0 N–H and O–H groups in total. The number of rotatable bonds is 2. The Labute approximate surface area is 73.4 Å². The zero-order chi connectivity index (χ0) is 9.84. The molecule has 0 atom stereocenters. The van der Waals surface area contributed by atoms with Gasteiger partial charge in [0.05, 0.1) is 12.7 Å². The molecule has 5 heteroatoms. The number of pyridine rings is 1. The van der Waals surface area contributed by atoms with E-state index in [-0.39, 0.29) is 5.69 Å². The molecule has 70 valence electrons. The first-order chi connectivity index (χ1) is 6.16. The van der Waals surface area contributed by atoms with Crippen molar-refractivity contribution in [1.29, 1.82) is 0 Å². The van der Waals surface area contributed by atoms with Crippen LogP contribution in [0.15, 0.2) is 18.3 Å². The third kappa shape index (κ3) is 1.99. The van der Waals surface area contributed by atoms with Gasteiger partial charge in [-0.2, -0.15) is 0 Å². The molecular formula is C8H7F2NO2. The summed E-state index contributed by atoms with van der Waals surface area (Å²) in [5.74, 6) is -0.851. The molecule has 1 rings (SSSR count). The van der Waals surface area contributed by atoms with E-state index in [0.29, 0.717) is 0 Å². The first kappa shape index (κ1) is 9.57. The number of esters is 1. The zero-order valence-electron chi connectivity index (χ0n) is 6.83. The van der Waals surface area contributed by atoms with Gasteiger partial charge >= 0.3 is 5.97 Å². The highest BCUT2D eigenvalue weighted by Gasteiger charge is 2.19. The standard InChI is InChI=1S/C8H7F2NO2/c1-13-8(12)6-5(7(9)10)3-2-4-11-6/h2-4,7H,1H3. The number of carbonyl (C=O) groups excluding carboxylic acids is 1. The second-order valence-corrected chi connectivity index (χ2v) is 2.23. The van der Waals surface area contributed by atoms with Crippen molar-refractivity contribution in [2.75, 3.05) is 7.11 Å². The first-order valence-electron chi connectivity index (χ1n) is 3.48. The van der Waals surface area contributed by atoms with Crippen LogP contribution in [0, 0.1) is 0 Å². The highest BCUT2D eigenvalue weighted by molar-refractivity contribution is 5.88. The largest absolute Gasteiger partial charge is 0.464 e. The quantitative estimate of drug-likeness (QED) is 0.663. The molecule has 0 aliphatic heterocycles. The lowest BCUT2D eigenvalue weighted by Gasteiger charge is -2.04. The fourth-order valence-electron chi connectivity index (χ4n) is 0.861. The summed E-state index contributed by atoms with van der Waals surface area (Å²) in [5, 5.41) is 0. The molecule has 0 unspecified atom stereocenters. The van der Waals surface area contributed by atoms with Crippen LogP contribution in [0.4, 0.5) is 8.78 Å². The predicted octanol–water partition coefficient (Wildman–Crippen LogP) is 1.81. The summed E-state index contributed by atoms with van der Waals surface area (Å²) in [7, 11) is 1.12. The van der Waals surface area contributed by atoms with Gasteiger partial charge < -0.3 is 4.74 Å². The van der Waals surface area contributed by atoms with Crippen LogP contribution in [0.1, 0.15) is 22.5 Å². The van der Waals surface area contributed by atoms with Crippen LogP contribution < -0.4 is 0 Å². The number of aromatic nitrogens is 1. The summed E-state index contributed by atoms with van der Waals surface area (Å²) in [4.78, 5) is 14.4. The number of ether oxygens (including phenoxy) is 1. The molecule has 0 spiro atoms. The first-order valence-corrected chi connectivity index (χ1v) is 3.48. The van der Waals surface area contributed by atoms with Crippen molar-refractivity contribution in [3.63, 3.8) is 0 Å². The number of nitrogens with zero attached hydrogens (tertiary/aromatic N) is 1. The van der Waals surface area contributed by atoms with Crippen molar-refractivity contribution >= 4 is 5.97 Å². The Kier molecular flexibility index (Phi) is 2.89. The molecule has 0 radical (unpaired) electrons. The van der Waals surface area contributed by atoms with Gasteiger partial charge in [-0.3, -0.25) is 0 Å². The lowest BCUT2D eigenvalue weighted by atomic mass is 10.2. The maximum atomic E-state index is 12.3. The van der Waals surface area contributed by atoms with Crippen molar-refractivity contribution in [3.05, 3.63) is 29.6 Å². The Balaban J connectivity index is 3.12. The normalized spacial score (nSPS) is 10.2. The number of alkyl halides is 2. The Morgan fingerprint density at radius 3 is 2.85 bits per heavy atom. The topological polar surface area (TPSA) is 39.2 Å². The summed E-state index contributed by atoms with van der Waals surface area (Å²) in [6, 6.07) is 2.48. The SMILES string of the molecule is COC(=O)c1ncccc1C(F)F. The predicted molar refractivity (Wildman–Crippen MR) is 40.5 cm³/mol. The van der Waals surface area contributed by atoms with E-state index in [1.807, 2.05) is 0 Å². The van der Waals surface area contributed by atoms with Gasteiger partial charge in [0.1, 0.15) is 0 Å². The molecule has 0 amide bonds. The van der Waals surface area contributed by atoms with Gasteiger partial charge in [0.15, 0.2) is 5.69 Å². The Morgan fingerprint density at radius 2 is 2.31 bits per heavy atom. The summed E-state index contributed by atoms with van der Waals surface area (Å²) in [5.41, 5.74) is -0.741. The van der Waals surface area contributed by atoms with E-state index >= 15 is 0 Å². The summed E-state index contributed by atoms with van der Waals surface area (Å²) < 4.78 is 28.8. The molecule has 0 saturated carbocycles. The van der Waals surface area contributed by atoms with Gasteiger partial charge in [0.25, 0.3) is 6.43 Å². The summed E-state index contributed by atoms with van der Waals surface area (Å²) in [6.45, 7) is 0. The highest BCUT2D eigenvalue weighted by atomic mass is 19.3. The van der Waals surface area contributed by atoms with Crippen molar-refractivity contribution in [1.82, 2.24) is 4.98 Å². The van der Waals surface area contributed by atoms with Crippen molar-refractivity contribution in [2.45, 2.75) is 6.43 Å². The van der Waals surface area contributed by atoms with E-state index in [2.05, 4.69) is 9.72 Å². The maximum Gasteiger partial charge on any atom is 0.357 e. The third-order valence-corrected chi connectivity index (χ3v) is 1.45. The van der Waals surface area contributed by atoms with Crippen molar-refractivity contribution in [3.8, 4) is 0 Å². The van der Waals surface area contributed by atoms with Crippen LogP contribution in [-0.4, -0.2) is 18.1 Å². The summed E-state index contributed by atoms with van der Waals surface area (Å²) in [6.07, 6.45) is -1.46. The Hall–Kier alpha value is -1.52. The van der Waals surface area contributed by atoms with Gasteiger partial charge in [-0.15, -0.1) is 0 Å². The Bertz CT molecular complexity index is 315. The smallest absolute Gasteiger partial charge is 0.357 e. The van der Waals surface area contributed by atoms with Crippen molar-refractivity contribution in [2.24, 2.45) is 0 Å². The lowest BCUT2D eigenvalue weighted by Crippen LogP contribution is -2.08. The Morgan fingerprint density at radius 1 is 1.62 bits per heavy atom. The molecule has 0 saturated heterocycles. The van der Waals surface area contributed by atoms with E-state index < -0.39 is 18.0 Å². The van der Waals surface area contributed by atoms with E-state index in [9.17, 15) is 13.6 Å². The zero-order valence-corrected chi connectivity index (χ0v) is 6.83. The highest BCUT2D eigenvalue weighted by Crippen LogP contribution is 2.21. The molecule has 0 aliphatic rings. The number of methoxy groups -OCH3 is 1. The lowest BCUT2D eigenvalue weighted by molar-refractivity contribution is 0.0581. The van der Waals surface area contributed by atoms with Crippen LogP contribution >= 0.6 is 0 Å². The second-order valence-electron chi connectivity index (χ2n) is 2.23. The minimum Gasteiger partial charge on any atom is -0.464 e. The van der Waals surface area contributed by atoms with Crippen LogP contribution in [0.25, 0.3) is 0 Å². The van der Waals surface area contributed by atoms with Crippen LogP contribution in [0.2, 0.25) is 0 Å². The van der Waals surface area contributed by atoms with Gasteiger partial charge in [0.2, 0.25) is 0 Å². The molecule has 1 aromatic rings. The average Bonchev–Trinajstić information content (AvgIpc) is 2.16. The van der Waals surface area contributed by atoms with Crippen LogP contribution in [-0.2, 0) is 4.74 Å². The molecule has 0 aromatic carbocycles. The molecule has 0 bridgehead atoms. The average molecular weight is 187 g/mol. The molecule has 0 fully saturated rings. The fraction of sp³-hybridized carbons (Fsp3) is 0.250. The number of hydrogen-bond acceptors (Lipinski definition) is 3. The van der Waals surface area contributed by atoms with Crippen LogP contribution in [0.5, 0.6) is 0 Å². The molecular weight excluding hydrogens is 180 g/mol. The minimum atomic E-state index is -2.72. The maximum absolute atomic E-state index is 12.3. The third-order valence-electron chi connectivity index (χ3n) is 1.45. The van der Waals surface area contributed by atoms with Gasteiger partial charge in [-0.1, -0.05) is 0 Å². The molecule has 1 heterocycles. The van der Waals surface area contributed by atoms with E-state index in [0.717, 1.165) is 13.2 Å². The van der Waals surface area contributed by atoms with E-state index in [1.54, 1.807) is 0 Å². The van der Waals surface area contributed by atoms with Crippen LogP contribution in [0.3, 0.4) is 0 Å². The monoisotopic (exact) mass is 187 g/mol. The number of halogens is 2. The van der Waals surface area contributed by atoms with E-state index in [1.165, 1.54) is 12.3 Å². The van der Waals surface area contributed by atoms with Crippen molar-refractivity contribution < 1.29 is 18.3 Å². The molecule has 1 aromatic heterocycles. The molecule has 3 nitrogen and oxygen atoms in total. The second kappa shape index (κ2) is 3.93. The van der Waals surface area contributed by atoms with E-state index in [4.69, 9.17) is 0 Å². The van der Waals surface area contributed by atoms with Gasteiger partial charge in [0, 0.05) is 6.20 Å². The number of hydrogen-bond donors (Lipinski definition) is 0.